The molecule has 0 spiro atoms. The van der Waals surface area contributed by atoms with Gasteiger partial charge in [0.1, 0.15) is 11.5 Å². The molecular weight excluding hydrogens is 308 g/mol. The van der Waals surface area contributed by atoms with Crippen LogP contribution >= 0.6 is 0 Å². The Kier molecular flexibility index (Phi) is 3.84. The van der Waals surface area contributed by atoms with E-state index in [1.807, 2.05) is 4.57 Å². The number of hydrogen-bond donors (Lipinski definition) is 2. The van der Waals surface area contributed by atoms with Gasteiger partial charge in [-0.3, -0.25) is 9.59 Å². The zero-order valence-electron chi connectivity index (χ0n) is 13.4. The summed E-state index contributed by atoms with van der Waals surface area (Å²) in [6, 6.07) is 3.85. The number of amides is 2. The SMILES string of the molecule is O=C(NCc1ccco1)c1nc(C(=O)NC2CC2)n2c1CCCC2. The van der Waals surface area contributed by atoms with Crippen molar-refractivity contribution in [1.82, 2.24) is 20.2 Å². The number of nitrogens with one attached hydrogen (secondary N) is 2. The number of imidazole rings is 1. The molecule has 0 atom stereocenters. The maximum Gasteiger partial charge on any atom is 0.287 e. The van der Waals surface area contributed by atoms with Crippen molar-refractivity contribution in [3.8, 4) is 0 Å². The van der Waals surface area contributed by atoms with E-state index < -0.39 is 0 Å². The number of nitrogens with zero attached hydrogens (tertiary/aromatic N) is 2. The van der Waals surface area contributed by atoms with Crippen molar-refractivity contribution in [2.24, 2.45) is 0 Å². The minimum atomic E-state index is -0.262. The highest BCUT2D eigenvalue weighted by Gasteiger charge is 2.30. The Hall–Kier alpha value is -2.57. The molecule has 2 N–H and O–H groups in total. The first kappa shape index (κ1) is 15.0. The highest BCUT2D eigenvalue weighted by atomic mass is 16.3. The van der Waals surface area contributed by atoms with Crippen LogP contribution in [0.1, 0.15) is 58.2 Å². The summed E-state index contributed by atoms with van der Waals surface area (Å²) in [5.74, 6) is 0.608. The predicted molar refractivity (Wildman–Crippen MR) is 85.5 cm³/mol. The van der Waals surface area contributed by atoms with Crippen LogP contribution in [0, 0.1) is 0 Å². The maximum atomic E-state index is 12.5. The van der Waals surface area contributed by atoms with Crippen molar-refractivity contribution in [2.45, 2.75) is 51.2 Å². The van der Waals surface area contributed by atoms with Crippen molar-refractivity contribution in [1.29, 1.82) is 0 Å². The van der Waals surface area contributed by atoms with E-state index in [2.05, 4.69) is 15.6 Å². The molecule has 7 nitrogen and oxygen atoms in total. The molecule has 3 heterocycles. The molecule has 2 aromatic heterocycles. The topological polar surface area (TPSA) is 89.2 Å². The molecule has 1 aliphatic heterocycles. The normalized spacial score (nSPS) is 16.5. The first-order valence-electron chi connectivity index (χ1n) is 8.43. The Morgan fingerprint density at radius 1 is 1.29 bits per heavy atom. The summed E-state index contributed by atoms with van der Waals surface area (Å²) in [4.78, 5) is 29.3. The zero-order chi connectivity index (χ0) is 16.5. The number of fused-ring (bicyclic) bond motifs is 1. The third kappa shape index (κ3) is 2.93. The van der Waals surface area contributed by atoms with E-state index in [0.29, 0.717) is 23.8 Å². The van der Waals surface area contributed by atoms with Gasteiger partial charge in [0.25, 0.3) is 11.8 Å². The van der Waals surface area contributed by atoms with Crippen LogP contribution in [0.15, 0.2) is 22.8 Å². The van der Waals surface area contributed by atoms with Gasteiger partial charge in [0, 0.05) is 12.6 Å². The molecular formula is C17H20N4O3. The molecule has 1 fully saturated rings. The third-order valence-corrected chi connectivity index (χ3v) is 4.45. The van der Waals surface area contributed by atoms with E-state index >= 15 is 0 Å². The van der Waals surface area contributed by atoms with Crippen molar-refractivity contribution in [3.05, 3.63) is 41.4 Å². The number of aromatic nitrogens is 2. The van der Waals surface area contributed by atoms with Crippen LogP contribution in [0.25, 0.3) is 0 Å². The lowest BCUT2D eigenvalue weighted by molar-refractivity contribution is 0.0935. The first-order chi connectivity index (χ1) is 11.7. The molecule has 7 heteroatoms. The van der Waals surface area contributed by atoms with Crippen LogP contribution < -0.4 is 10.6 Å². The molecule has 0 saturated heterocycles. The van der Waals surface area contributed by atoms with Crippen LogP contribution in [-0.2, 0) is 19.5 Å². The van der Waals surface area contributed by atoms with E-state index in [1.165, 1.54) is 0 Å². The smallest absolute Gasteiger partial charge is 0.287 e. The van der Waals surface area contributed by atoms with Crippen molar-refractivity contribution in [3.63, 3.8) is 0 Å². The number of hydrogen-bond acceptors (Lipinski definition) is 4. The molecule has 2 aliphatic rings. The summed E-state index contributed by atoms with van der Waals surface area (Å²) in [6.45, 7) is 1.04. The lowest BCUT2D eigenvalue weighted by Crippen LogP contribution is -2.29. The summed E-state index contributed by atoms with van der Waals surface area (Å²) in [5.41, 5.74) is 1.22. The summed E-state index contributed by atoms with van der Waals surface area (Å²) < 4.78 is 7.13. The Morgan fingerprint density at radius 2 is 2.17 bits per heavy atom. The third-order valence-electron chi connectivity index (χ3n) is 4.45. The average molecular weight is 328 g/mol. The van der Waals surface area contributed by atoms with Crippen LogP contribution in [0.5, 0.6) is 0 Å². The Labute approximate surface area is 139 Å². The van der Waals surface area contributed by atoms with Gasteiger partial charge in [0.2, 0.25) is 0 Å². The van der Waals surface area contributed by atoms with Gasteiger partial charge in [0.15, 0.2) is 5.82 Å². The van der Waals surface area contributed by atoms with Gasteiger partial charge in [-0.15, -0.1) is 0 Å². The summed E-state index contributed by atoms with van der Waals surface area (Å²) in [7, 11) is 0. The van der Waals surface area contributed by atoms with E-state index in [0.717, 1.165) is 44.3 Å². The van der Waals surface area contributed by atoms with Crippen molar-refractivity contribution >= 4 is 11.8 Å². The van der Waals surface area contributed by atoms with Crippen LogP contribution in [0.4, 0.5) is 0 Å². The monoisotopic (exact) mass is 328 g/mol. The second-order valence-electron chi connectivity index (χ2n) is 6.35. The van der Waals surface area contributed by atoms with Crippen LogP contribution in [0.3, 0.4) is 0 Å². The largest absolute Gasteiger partial charge is 0.467 e. The van der Waals surface area contributed by atoms with Gasteiger partial charge >= 0.3 is 0 Å². The molecule has 0 unspecified atom stereocenters. The quantitative estimate of drug-likeness (QED) is 0.873. The van der Waals surface area contributed by atoms with E-state index in [1.54, 1.807) is 18.4 Å². The van der Waals surface area contributed by atoms with Gasteiger partial charge in [-0.2, -0.15) is 0 Å². The first-order valence-corrected chi connectivity index (χ1v) is 8.43. The Bertz CT molecular complexity index is 759. The molecule has 0 bridgehead atoms. The zero-order valence-corrected chi connectivity index (χ0v) is 13.4. The van der Waals surface area contributed by atoms with Crippen LogP contribution in [0.2, 0.25) is 0 Å². The highest BCUT2D eigenvalue weighted by molar-refractivity contribution is 5.97. The van der Waals surface area contributed by atoms with Gasteiger partial charge in [-0.1, -0.05) is 0 Å². The van der Waals surface area contributed by atoms with Gasteiger partial charge in [-0.05, 0) is 44.2 Å². The molecule has 1 aliphatic carbocycles. The van der Waals surface area contributed by atoms with E-state index in [4.69, 9.17) is 4.42 Å². The summed E-state index contributed by atoms with van der Waals surface area (Å²) in [6.07, 6.45) is 6.40. The lowest BCUT2D eigenvalue weighted by atomic mass is 10.1. The standard InChI is InChI=1S/C17H20N4O3/c22-16(18-10-12-4-3-9-24-12)14-13-5-1-2-8-21(13)15(20-14)17(23)19-11-6-7-11/h3-4,9,11H,1-2,5-8,10H2,(H,18,22)(H,19,23). The lowest BCUT2D eigenvalue weighted by Gasteiger charge is -2.17. The number of carbonyl (C=O) groups is 2. The van der Waals surface area contributed by atoms with E-state index in [9.17, 15) is 9.59 Å². The van der Waals surface area contributed by atoms with Gasteiger partial charge < -0.3 is 19.6 Å². The predicted octanol–water partition coefficient (Wildman–Crippen LogP) is 1.63. The second kappa shape index (κ2) is 6.14. The molecule has 24 heavy (non-hydrogen) atoms. The number of carbonyl (C=O) groups excluding carboxylic acids is 2. The fourth-order valence-corrected chi connectivity index (χ4v) is 3.04. The number of rotatable bonds is 5. The van der Waals surface area contributed by atoms with Crippen molar-refractivity contribution < 1.29 is 14.0 Å². The second-order valence-corrected chi connectivity index (χ2v) is 6.35. The molecule has 4 rings (SSSR count). The van der Waals surface area contributed by atoms with Gasteiger partial charge in [-0.25, -0.2) is 4.98 Å². The summed E-state index contributed by atoms with van der Waals surface area (Å²) >= 11 is 0. The maximum absolute atomic E-state index is 12.5. The molecule has 0 aromatic carbocycles. The molecule has 1 saturated carbocycles. The molecule has 2 amide bonds. The summed E-state index contributed by atoms with van der Waals surface area (Å²) in [5, 5.41) is 5.77. The minimum absolute atomic E-state index is 0.175. The minimum Gasteiger partial charge on any atom is -0.467 e. The van der Waals surface area contributed by atoms with E-state index in [-0.39, 0.29) is 17.9 Å². The Balaban J connectivity index is 1.56. The fourth-order valence-electron chi connectivity index (χ4n) is 3.04. The average Bonchev–Trinajstić information content (AvgIpc) is 3.12. The Morgan fingerprint density at radius 3 is 2.92 bits per heavy atom. The molecule has 2 aromatic rings. The molecule has 126 valence electrons. The van der Waals surface area contributed by atoms with Crippen LogP contribution in [-0.4, -0.2) is 27.4 Å². The highest BCUT2D eigenvalue weighted by Crippen LogP contribution is 2.23. The number of furan rings is 1. The van der Waals surface area contributed by atoms with Gasteiger partial charge in [0.05, 0.1) is 18.5 Å². The molecule has 0 radical (unpaired) electrons. The van der Waals surface area contributed by atoms with Crippen molar-refractivity contribution in [2.75, 3.05) is 0 Å². The fraction of sp³-hybridized carbons (Fsp3) is 0.471.